The number of carboxylic acids is 1. The molecule has 1 rings (SSSR count). The zero-order valence-electron chi connectivity index (χ0n) is 10.9. The number of carbonyl (C=O) groups is 2. The van der Waals surface area contributed by atoms with Crippen LogP contribution >= 0.6 is 0 Å². The van der Waals surface area contributed by atoms with E-state index < -0.39 is 24.1 Å². The van der Waals surface area contributed by atoms with Crippen LogP contribution in [0, 0.1) is 0 Å². The van der Waals surface area contributed by atoms with Crippen molar-refractivity contribution in [3.8, 4) is 0 Å². The second-order valence-electron chi connectivity index (χ2n) is 4.51. The number of rotatable bonds is 6. The molecule has 7 heteroatoms. The maximum atomic E-state index is 11.8. The third-order valence-corrected chi connectivity index (χ3v) is 2.86. The lowest BCUT2D eigenvalue weighted by Crippen LogP contribution is -2.47. The molecule has 0 aromatic heterocycles. The molecule has 0 saturated carbocycles. The number of hydrogen-bond donors (Lipinski definition) is 3. The Hall–Kier alpha value is -1.60. The summed E-state index contributed by atoms with van der Waals surface area (Å²) >= 11 is 0. The van der Waals surface area contributed by atoms with Gasteiger partial charge in [0.2, 0.25) is 0 Å². The predicted octanol–water partition coefficient (Wildman–Crippen LogP) is -0.193. The first-order valence-corrected chi connectivity index (χ1v) is 6.13. The van der Waals surface area contributed by atoms with Gasteiger partial charge in [0.25, 0.3) is 0 Å². The summed E-state index contributed by atoms with van der Waals surface area (Å²) in [6.45, 7) is 5.99. The smallest absolute Gasteiger partial charge is 0.326 e. The highest BCUT2D eigenvalue weighted by Crippen LogP contribution is 2.18. The first-order valence-electron chi connectivity index (χ1n) is 6.13. The first kappa shape index (κ1) is 15.5. The summed E-state index contributed by atoms with van der Waals surface area (Å²) in [4.78, 5) is 24.0. The molecule has 108 valence electrons. The number of carbonyl (C=O) groups excluding carboxylic acids is 1. The molecule has 1 saturated heterocycles. The molecule has 3 atom stereocenters. The van der Waals surface area contributed by atoms with Crippen LogP contribution in [0.2, 0.25) is 0 Å². The van der Waals surface area contributed by atoms with E-state index in [-0.39, 0.29) is 25.6 Å². The monoisotopic (exact) mass is 272 g/mol. The molecule has 1 fully saturated rings. The average molecular weight is 272 g/mol. The Morgan fingerprint density at radius 1 is 1.63 bits per heavy atom. The quantitative estimate of drug-likeness (QED) is 0.582. The number of nitrogens with zero attached hydrogens (tertiary/aromatic N) is 1. The highest BCUT2D eigenvalue weighted by molar-refractivity contribution is 5.83. The topological polar surface area (TPSA) is 99.1 Å². The molecule has 0 spiro atoms. The molecule has 19 heavy (non-hydrogen) atoms. The molecule has 3 N–H and O–H groups in total. The summed E-state index contributed by atoms with van der Waals surface area (Å²) in [6.07, 6.45) is 0.681. The molecule has 3 unspecified atom stereocenters. The van der Waals surface area contributed by atoms with E-state index in [4.69, 9.17) is 9.84 Å². The molecule has 7 nitrogen and oxygen atoms in total. The number of likely N-dealkylation sites (tertiary alicyclic amines) is 1. The van der Waals surface area contributed by atoms with Gasteiger partial charge in [-0.25, -0.2) is 9.59 Å². The molecule has 1 aliphatic rings. The van der Waals surface area contributed by atoms with Crippen LogP contribution in [0.15, 0.2) is 12.7 Å². The number of nitrogens with one attached hydrogen (secondary N) is 1. The van der Waals surface area contributed by atoms with Crippen LogP contribution in [0.4, 0.5) is 4.79 Å². The Bertz CT molecular complexity index is 347. The van der Waals surface area contributed by atoms with Crippen molar-refractivity contribution in [1.82, 2.24) is 10.2 Å². The van der Waals surface area contributed by atoms with Crippen LogP contribution in [0.25, 0.3) is 0 Å². The molecule has 1 aliphatic heterocycles. The van der Waals surface area contributed by atoms with E-state index in [1.165, 1.54) is 0 Å². The van der Waals surface area contributed by atoms with Crippen LogP contribution in [-0.2, 0) is 9.53 Å². The standard InChI is InChI=1S/C12H20N2O5/c1-3-4-19-8(2)6-13-12(18)14-7-9(15)5-10(14)11(16)17/h3,8-10,15H,1,4-7H2,2H3,(H,13,18)(H,16,17). The second kappa shape index (κ2) is 7.10. The Kier molecular flexibility index (Phi) is 5.78. The molecule has 2 amide bonds. The summed E-state index contributed by atoms with van der Waals surface area (Å²) in [6, 6.07) is -1.47. The maximum absolute atomic E-state index is 11.8. The summed E-state index contributed by atoms with van der Waals surface area (Å²) in [7, 11) is 0. The van der Waals surface area contributed by atoms with Crippen LogP contribution < -0.4 is 5.32 Å². The fraction of sp³-hybridized carbons (Fsp3) is 0.667. The highest BCUT2D eigenvalue weighted by Gasteiger charge is 2.38. The van der Waals surface area contributed by atoms with Crippen LogP contribution in [0.1, 0.15) is 13.3 Å². The number of ether oxygens (including phenoxy) is 1. The molecule has 0 bridgehead atoms. The fourth-order valence-electron chi connectivity index (χ4n) is 1.90. The SMILES string of the molecule is C=CCOC(C)CNC(=O)N1CC(O)CC1C(=O)O. The van der Waals surface area contributed by atoms with E-state index in [9.17, 15) is 14.7 Å². The van der Waals surface area contributed by atoms with E-state index in [1.54, 1.807) is 13.0 Å². The van der Waals surface area contributed by atoms with Crippen LogP contribution in [-0.4, -0.2) is 65.1 Å². The highest BCUT2D eigenvalue weighted by atomic mass is 16.5. The van der Waals surface area contributed by atoms with Crippen molar-refractivity contribution in [2.45, 2.75) is 31.6 Å². The van der Waals surface area contributed by atoms with Crippen molar-refractivity contribution >= 4 is 12.0 Å². The van der Waals surface area contributed by atoms with Crippen molar-refractivity contribution in [3.05, 3.63) is 12.7 Å². The Morgan fingerprint density at radius 3 is 2.89 bits per heavy atom. The second-order valence-corrected chi connectivity index (χ2v) is 4.51. The van der Waals surface area contributed by atoms with Crippen LogP contribution in [0.5, 0.6) is 0 Å². The summed E-state index contributed by atoms with van der Waals surface area (Å²) < 4.78 is 5.28. The van der Waals surface area contributed by atoms with Gasteiger partial charge in [0.15, 0.2) is 0 Å². The maximum Gasteiger partial charge on any atom is 0.326 e. The Morgan fingerprint density at radius 2 is 2.32 bits per heavy atom. The van der Waals surface area contributed by atoms with Crippen LogP contribution in [0.3, 0.4) is 0 Å². The number of urea groups is 1. The lowest BCUT2D eigenvalue weighted by Gasteiger charge is -2.22. The van der Waals surface area contributed by atoms with Crippen molar-refractivity contribution in [2.75, 3.05) is 19.7 Å². The summed E-state index contributed by atoms with van der Waals surface area (Å²) in [5.74, 6) is -1.11. The number of β-amino-alcohol motifs (C(OH)–C–C–N with tert-alkyl or cyclic N) is 1. The van der Waals surface area contributed by atoms with Crippen molar-refractivity contribution < 1.29 is 24.5 Å². The molecule has 1 heterocycles. The predicted molar refractivity (Wildman–Crippen MR) is 67.8 cm³/mol. The van der Waals surface area contributed by atoms with E-state index in [0.29, 0.717) is 6.61 Å². The van der Waals surface area contributed by atoms with Crippen molar-refractivity contribution in [2.24, 2.45) is 0 Å². The van der Waals surface area contributed by atoms with E-state index in [2.05, 4.69) is 11.9 Å². The van der Waals surface area contributed by atoms with Gasteiger partial charge >= 0.3 is 12.0 Å². The number of hydrogen-bond acceptors (Lipinski definition) is 4. The molecule has 0 radical (unpaired) electrons. The lowest BCUT2D eigenvalue weighted by atomic mass is 10.2. The van der Waals surface area contributed by atoms with Crippen molar-refractivity contribution in [1.29, 1.82) is 0 Å². The summed E-state index contributed by atoms with van der Waals surface area (Å²) in [5, 5.41) is 21.0. The fourth-order valence-corrected chi connectivity index (χ4v) is 1.90. The number of amides is 2. The minimum absolute atomic E-state index is 0.0324. The van der Waals surface area contributed by atoms with Gasteiger partial charge in [0, 0.05) is 19.5 Å². The normalized spacial score (nSPS) is 24.0. The van der Waals surface area contributed by atoms with E-state index in [1.807, 2.05) is 0 Å². The molecular formula is C12H20N2O5. The largest absolute Gasteiger partial charge is 0.480 e. The summed E-state index contributed by atoms with van der Waals surface area (Å²) in [5.41, 5.74) is 0. The molecule has 0 aromatic carbocycles. The zero-order chi connectivity index (χ0) is 14.4. The van der Waals surface area contributed by atoms with E-state index in [0.717, 1.165) is 4.90 Å². The van der Waals surface area contributed by atoms with Gasteiger partial charge < -0.3 is 25.2 Å². The number of aliphatic carboxylic acids is 1. The molecular weight excluding hydrogens is 252 g/mol. The van der Waals surface area contributed by atoms with Gasteiger partial charge in [-0.2, -0.15) is 0 Å². The zero-order valence-corrected chi connectivity index (χ0v) is 10.9. The minimum Gasteiger partial charge on any atom is -0.480 e. The number of aliphatic hydroxyl groups excluding tert-OH is 1. The van der Waals surface area contributed by atoms with Gasteiger partial charge in [-0.15, -0.1) is 6.58 Å². The molecule has 0 aliphatic carbocycles. The first-order chi connectivity index (χ1) is 8.95. The Balaban J connectivity index is 2.44. The van der Waals surface area contributed by atoms with Gasteiger partial charge in [0.05, 0.1) is 18.8 Å². The van der Waals surface area contributed by atoms with Gasteiger partial charge in [-0.1, -0.05) is 6.08 Å². The molecule has 0 aromatic rings. The van der Waals surface area contributed by atoms with Gasteiger partial charge in [-0.3, -0.25) is 0 Å². The number of carboxylic acid groups (broad SMARTS) is 1. The lowest BCUT2D eigenvalue weighted by molar-refractivity contribution is -0.141. The third kappa shape index (κ3) is 4.53. The van der Waals surface area contributed by atoms with E-state index >= 15 is 0 Å². The number of aliphatic hydroxyl groups is 1. The van der Waals surface area contributed by atoms with Gasteiger partial charge in [0.1, 0.15) is 6.04 Å². The van der Waals surface area contributed by atoms with Crippen molar-refractivity contribution in [3.63, 3.8) is 0 Å². The van der Waals surface area contributed by atoms with Gasteiger partial charge in [-0.05, 0) is 6.92 Å². The minimum atomic E-state index is -1.11. The Labute approximate surface area is 111 Å². The average Bonchev–Trinajstić information content (AvgIpc) is 2.75. The third-order valence-electron chi connectivity index (χ3n) is 2.86.